The first-order valence-electron chi connectivity index (χ1n) is 10.8. The number of nitrogens with zero attached hydrogens (tertiary/aromatic N) is 4. The number of ether oxygens (including phenoxy) is 1. The van der Waals surface area contributed by atoms with Crippen LogP contribution in [-0.2, 0) is 34.2 Å². The van der Waals surface area contributed by atoms with Crippen molar-refractivity contribution in [1.29, 1.82) is 0 Å². The molecule has 4 rings (SSSR count). The number of aryl methyl sites for hydroxylation is 2. The van der Waals surface area contributed by atoms with E-state index in [0.717, 1.165) is 55.2 Å². The van der Waals surface area contributed by atoms with Crippen molar-refractivity contribution in [1.82, 2.24) is 14.8 Å². The van der Waals surface area contributed by atoms with E-state index in [1.807, 2.05) is 18.2 Å². The molecule has 33 heavy (non-hydrogen) atoms. The van der Waals surface area contributed by atoms with Gasteiger partial charge in [-0.25, -0.2) is 23.3 Å². The highest BCUT2D eigenvalue weighted by Gasteiger charge is 2.19. The molecule has 0 fully saturated rings. The number of hydrogen-bond acceptors (Lipinski definition) is 7. The van der Waals surface area contributed by atoms with Gasteiger partial charge >= 0.3 is 0 Å². The smallest absolute Gasteiger partial charge is 0.257 e. The van der Waals surface area contributed by atoms with Gasteiger partial charge in [0, 0.05) is 30.6 Å². The molecular weight excluding hydrogens is 442 g/mol. The zero-order chi connectivity index (χ0) is 23.3. The van der Waals surface area contributed by atoms with E-state index in [-0.39, 0.29) is 5.03 Å². The van der Waals surface area contributed by atoms with Gasteiger partial charge in [0.2, 0.25) is 12.0 Å². The molecule has 1 aliphatic rings. The Morgan fingerprint density at radius 3 is 2.82 bits per heavy atom. The minimum atomic E-state index is -3.77. The molecule has 172 valence electrons. The Morgan fingerprint density at radius 1 is 1.15 bits per heavy atom. The van der Waals surface area contributed by atoms with Gasteiger partial charge in [0.1, 0.15) is 0 Å². The lowest BCUT2D eigenvalue weighted by molar-refractivity contribution is 0.292. The third-order valence-corrected chi connectivity index (χ3v) is 6.45. The largest absolute Gasteiger partial charge is 0.478 e. The van der Waals surface area contributed by atoms with Gasteiger partial charge in [-0.2, -0.15) is 10.1 Å². The van der Waals surface area contributed by atoms with Crippen LogP contribution in [0, 0.1) is 0 Å². The fraction of sp³-hybridized carbons (Fsp3) is 0.348. The minimum Gasteiger partial charge on any atom is -0.478 e. The number of rotatable bonds is 10. The Hall–Kier alpha value is -3.33. The lowest BCUT2D eigenvalue weighted by atomic mass is 9.98. The second kappa shape index (κ2) is 10.1. The molecule has 3 aromatic rings. The van der Waals surface area contributed by atoms with Gasteiger partial charge < -0.3 is 4.74 Å². The average molecular weight is 468 g/mol. The second-order valence-corrected chi connectivity index (χ2v) is 9.42. The number of isocyanates is 1. The maximum Gasteiger partial charge on any atom is 0.257 e. The summed E-state index contributed by atoms with van der Waals surface area (Å²) in [5, 5.41) is 8.90. The van der Waals surface area contributed by atoms with E-state index >= 15 is 0 Å². The number of aliphatic imine (C=N–C) groups is 1. The van der Waals surface area contributed by atoms with Crippen LogP contribution in [0.5, 0.6) is 5.88 Å². The number of hydrogen-bond donors (Lipinski definition) is 1. The monoisotopic (exact) mass is 467 g/mol. The number of sulfonamides is 1. The maximum atomic E-state index is 11.3. The van der Waals surface area contributed by atoms with Crippen LogP contribution in [0.2, 0.25) is 0 Å². The van der Waals surface area contributed by atoms with Crippen LogP contribution in [0.25, 0.3) is 11.1 Å². The predicted octanol–water partition coefficient (Wildman–Crippen LogP) is 3.30. The molecule has 2 heterocycles. The van der Waals surface area contributed by atoms with Crippen molar-refractivity contribution in [3.63, 3.8) is 0 Å². The number of primary sulfonamides is 1. The third-order valence-electron chi connectivity index (χ3n) is 5.65. The summed E-state index contributed by atoms with van der Waals surface area (Å²) in [6.45, 7) is 1.10. The summed E-state index contributed by atoms with van der Waals surface area (Å²) < 4.78 is 29.9. The van der Waals surface area contributed by atoms with Crippen molar-refractivity contribution >= 4 is 21.8 Å². The Labute approximate surface area is 192 Å². The second-order valence-electron chi connectivity index (χ2n) is 7.91. The minimum absolute atomic E-state index is 0.123. The van der Waals surface area contributed by atoms with Crippen LogP contribution in [0.1, 0.15) is 36.8 Å². The van der Waals surface area contributed by atoms with Crippen molar-refractivity contribution in [2.45, 2.75) is 50.1 Å². The van der Waals surface area contributed by atoms with Gasteiger partial charge in [-0.3, -0.25) is 4.68 Å². The molecule has 0 spiro atoms. The molecule has 1 aromatic carbocycles. The van der Waals surface area contributed by atoms with Crippen molar-refractivity contribution in [3.8, 4) is 17.0 Å². The molecule has 9 nitrogen and oxygen atoms in total. The lowest BCUT2D eigenvalue weighted by Crippen LogP contribution is -2.13. The zero-order valence-corrected chi connectivity index (χ0v) is 18.9. The van der Waals surface area contributed by atoms with E-state index in [2.05, 4.69) is 21.1 Å². The fourth-order valence-electron chi connectivity index (χ4n) is 4.06. The molecule has 0 aliphatic heterocycles. The predicted molar refractivity (Wildman–Crippen MR) is 122 cm³/mol. The molecule has 2 aromatic heterocycles. The number of aromatic nitrogens is 3. The SMILES string of the molecule is NS(=O)(=O)c1ccn(CCCCCOc2cc(-c3ccc4c(c3N=C=O)CCC4)ccn2)n1. The Kier molecular flexibility index (Phi) is 6.98. The molecule has 0 radical (unpaired) electrons. The van der Waals surface area contributed by atoms with Crippen LogP contribution in [-0.4, -0.2) is 35.9 Å². The van der Waals surface area contributed by atoms with Crippen molar-refractivity contribution in [2.75, 3.05) is 6.61 Å². The Bertz CT molecular complexity index is 1300. The van der Waals surface area contributed by atoms with Crippen molar-refractivity contribution < 1.29 is 17.9 Å². The topological polar surface area (TPSA) is 130 Å². The molecule has 0 unspecified atom stereocenters. The summed E-state index contributed by atoms with van der Waals surface area (Å²) in [6.07, 6.45) is 10.5. The number of unbranched alkanes of at least 4 members (excludes halogenated alkanes) is 2. The fourth-order valence-corrected chi connectivity index (χ4v) is 4.53. The standard InChI is InChI=1S/C23H25N5O4S/c24-33(30,31)22-10-13-28(27-22)12-2-1-3-14-32-21-15-18(9-11-25-21)20-8-7-17-5-4-6-19(17)23(20)26-16-29/h7-11,13,15H,1-6,12,14H2,(H2,24,30,31). The first-order valence-corrected chi connectivity index (χ1v) is 12.4. The van der Waals surface area contributed by atoms with Crippen LogP contribution >= 0.6 is 0 Å². The van der Waals surface area contributed by atoms with Gasteiger partial charge in [0.05, 0.1) is 12.3 Å². The maximum absolute atomic E-state index is 11.3. The van der Waals surface area contributed by atoms with E-state index in [4.69, 9.17) is 9.88 Å². The van der Waals surface area contributed by atoms with Crippen LogP contribution in [0.4, 0.5) is 5.69 Å². The third kappa shape index (κ3) is 5.54. The first kappa shape index (κ1) is 22.8. The summed E-state index contributed by atoms with van der Waals surface area (Å²) in [4.78, 5) is 19.3. The molecule has 0 bridgehead atoms. The molecule has 0 saturated carbocycles. The van der Waals surface area contributed by atoms with E-state index in [0.29, 0.717) is 24.7 Å². The lowest BCUT2D eigenvalue weighted by Gasteiger charge is -2.11. The first-order chi connectivity index (χ1) is 16.0. The van der Waals surface area contributed by atoms with Crippen molar-refractivity contribution in [2.24, 2.45) is 10.1 Å². The van der Waals surface area contributed by atoms with Gasteiger partial charge in [-0.1, -0.05) is 12.1 Å². The molecule has 0 atom stereocenters. The van der Waals surface area contributed by atoms with Crippen LogP contribution < -0.4 is 9.88 Å². The number of benzene rings is 1. The van der Waals surface area contributed by atoms with E-state index in [1.165, 1.54) is 11.6 Å². The van der Waals surface area contributed by atoms with Crippen LogP contribution in [0.3, 0.4) is 0 Å². The molecule has 0 amide bonds. The molecule has 0 saturated heterocycles. The molecule has 10 heteroatoms. The highest BCUT2D eigenvalue weighted by atomic mass is 32.2. The Morgan fingerprint density at radius 2 is 2.03 bits per heavy atom. The summed E-state index contributed by atoms with van der Waals surface area (Å²) >= 11 is 0. The van der Waals surface area contributed by atoms with Crippen molar-refractivity contribution in [3.05, 3.63) is 53.9 Å². The highest BCUT2D eigenvalue weighted by Crippen LogP contribution is 2.39. The normalized spacial score (nSPS) is 12.9. The van der Waals surface area contributed by atoms with Gasteiger partial charge in [0.15, 0.2) is 5.03 Å². The number of fused-ring (bicyclic) bond motifs is 1. The Balaban J connectivity index is 1.31. The summed E-state index contributed by atoms with van der Waals surface area (Å²) in [5.41, 5.74) is 4.84. The van der Waals surface area contributed by atoms with E-state index in [9.17, 15) is 13.2 Å². The van der Waals surface area contributed by atoms with Gasteiger partial charge in [-0.05, 0) is 67.3 Å². The number of carbonyl (C=O) groups excluding carboxylic acids is 1. The summed E-state index contributed by atoms with van der Waals surface area (Å²) in [7, 11) is -3.77. The summed E-state index contributed by atoms with van der Waals surface area (Å²) in [5.74, 6) is 0.513. The molecule has 1 aliphatic carbocycles. The quantitative estimate of drug-likeness (QED) is 0.277. The number of pyridine rings is 1. The molecule has 2 N–H and O–H groups in total. The van der Waals surface area contributed by atoms with Gasteiger partial charge in [0.25, 0.3) is 10.0 Å². The molecular formula is C23H25N5O4S. The van der Waals surface area contributed by atoms with Crippen LogP contribution in [0.15, 0.2) is 52.7 Å². The van der Waals surface area contributed by atoms with E-state index in [1.54, 1.807) is 23.2 Å². The number of nitrogens with two attached hydrogens (primary N) is 1. The zero-order valence-electron chi connectivity index (χ0n) is 18.1. The van der Waals surface area contributed by atoms with Gasteiger partial charge in [-0.15, -0.1) is 0 Å². The summed E-state index contributed by atoms with van der Waals surface area (Å²) in [6, 6.07) is 9.24. The van der Waals surface area contributed by atoms with E-state index < -0.39 is 10.0 Å². The average Bonchev–Trinajstić information content (AvgIpc) is 3.46. The highest BCUT2D eigenvalue weighted by molar-refractivity contribution is 7.89.